The molecule has 0 saturated heterocycles. The van der Waals surface area contributed by atoms with Gasteiger partial charge in [-0.25, -0.2) is 4.98 Å². The summed E-state index contributed by atoms with van der Waals surface area (Å²) in [6.45, 7) is 3.57. The summed E-state index contributed by atoms with van der Waals surface area (Å²) in [5.74, 6) is -1.21. The highest BCUT2D eigenvalue weighted by Crippen LogP contribution is 2.18. The summed E-state index contributed by atoms with van der Waals surface area (Å²) >= 11 is 6.73. The molecule has 0 spiro atoms. The number of nitrogens with one attached hydrogen (secondary N) is 8. The van der Waals surface area contributed by atoms with Crippen LogP contribution in [-0.4, -0.2) is 119 Å². The van der Waals surface area contributed by atoms with Crippen LogP contribution in [0.3, 0.4) is 0 Å². The van der Waals surface area contributed by atoms with Crippen LogP contribution in [0.15, 0.2) is 61.1 Å². The Morgan fingerprint density at radius 3 is 2.23 bits per heavy atom. The Labute approximate surface area is 390 Å². The van der Waals surface area contributed by atoms with Gasteiger partial charge < -0.3 is 51.7 Å². The van der Waals surface area contributed by atoms with Crippen LogP contribution in [0.5, 0.6) is 11.5 Å². The molecule has 0 unspecified atom stereocenters. The lowest BCUT2D eigenvalue weighted by Gasteiger charge is -2.27. The van der Waals surface area contributed by atoms with Crippen molar-refractivity contribution in [3.05, 3.63) is 77.9 Å². The molecule has 19 heteroatoms. The Morgan fingerprint density at radius 1 is 0.846 bits per heavy atom. The van der Waals surface area contributed by atoms with Crippen molar-refractivity contribution in [1.82, 2.24) is 47.2 Å². The molecule has 3 aromatic rings. The van der Waals surface area contributed by atoms with Crippen molar-refractivity contribution in [1.29, 1.82) is 0 Å². The zero-order valence-corrected chi connectivity index (χ0v) is 38.8. The summed E-state index contributed by atoms with van der Waals surface area (Å²) in [6.07, 6.45) is 9.75. The van der Waals surface area contributed by atoms with Gasteiger partial charge in [0.1, 0.15) is 41.7 Å². The van der Waals surface area contributed by atoms with Crippen molar-refractivity contribution in [2.45, 2.75) is 114 Å². The highest BCUT2D eigenvalue weighted by Gasteiger charge is 2.33. The highest BCUT2D eigenvalue weighted by molar-refractivity contribution is 7.98. The van der Waals surface area contributed by atoms with Gasteiger partial charge in [0.2, 0.25) is 35.4 Å². The average molecular weight is 934 g/mol. The molecule has 65 heavy (non-hydrogen) atoms. The predicted octanol–water partition coefficient (Wildman–Crippen LogP) is 2.57. The first-order valence-electron chi connectivity index (χ1n) is 22.4. The number of fused-ring (bicyclic) bond motifs is 26. The molecule has 17 nitrogen and oxygen atoms in total. The number of thiocarbonyl (C=S) groups is 1. The molecule has 1 aromatic heterocycles. The fraction of sp³-hybridized carbons (Fsp3) is 0.522. The molecule has 5 atom stereocenters. The van der Waals surface area contributed by atoms with Crippen LogP contribution < -0.4 is 46.7 Å². The number of unbranched alkanes of at least 4 members (excludes halogenated alkanes) is 1. The number of amides is 6. The van der Waals surface area contributed by atoms with Crippen molar-refractivity contribution in [3.63, 3.8) is 0 Å². The van der Waals surface area contributed by atoms with Gasteiger partial charge in [0.15, 0.2) is 0 Å². The van der Waals surface area contributed by atoms with E-state index < -0.39 is 53.8 Å². The minimum absolute atomic E-state index is 0.0407. The molecule has 4 aliphatic heterocycles. The van der Waals surface area contributed by atoms with Crippen LogP contribution in [-0.2, 0) is 48.0 Å². The monoisotopic (exact) mass is 933 g/mol. The first-order chi connectivity index (χ1) is 31.5. The first-order valence-corrected chi connectivity index (χ1v) is 24.2. The number of carbonyl (C=O) groups excluding carboxylic acids is 6. The number of nitrogens with zero attached hydrogens (tertiary/aromatic N) is 1. The minimum atomic E-state index is -1.19. The standard InChI is InChI=1S/C46H63N9O8S2/c1-30(64)48-20-6-4-9-36(43(58)54-38-25-31-11-15-34(16-12-31)62-22-7-3-5-21-49-42(57)37(19-24-65-2)53-45(38)60)52-44(59)39-26-32-13-17-35(18-14-32)63-23-8-10-41(56)51-40(46(61)55-39)27-33-28-47-29-50-33/h11-18,28-29,36-40H,3-10,19-27H2,1-2H3,(H,47,50)(H,48,64)(H,49,57)(H,51,56)(H,52,59)(H,53,60)(H,54,58)(H,55,61)/t36-,37-,38-,39-,40-/m0/s1. The third-order valence-corrected chi connectivity index (χ3v) is 11.8. The van der Waals surface area contributed by atoms with E-state index in [0.29, 0.717) is 78.9 Å². The fourth-order valence-electron chi connectivity index (χ4n) is 7.38. The van der Waals surface area contributed by atoms with Crippen LogP contribution in [0.1, 0.15) is 81.5 Å². The van der Waals surface area contributed by atoms with Crippen LogP contribution in [0.25, 0.3) is 0 Å². The number of hydrogen-bond donors (Lipinski definition) is 8. The van der Waals surface area contributed by atoms with Crippen LogP contribution in [0.4, 0.5) is 0 Å². The van der Waals surface area contributed by atoms with Crippen molar-refractivity contribution >= 4 is 64.4 Å². The lowest BCUT2D eigenvalue weighted by Crippen LogP contribution is -2.60. The van der Waals surface area contributed by atoms with Gasteiger partial charge in [-0.05, 0) is 106 Å². The molecule has 5 heterocycles. The molecule has 8 N–H and O–H groups in total. The SMILES string of the molecule is CSCC[C@@H]1NC(=O)[C@@H](NC(=O)[C@H](CCCCNC(C)=S)NC(=O)[C@@H]2Cc3ccc(cc3)OCCCC(=O)N[C@@H](Cc3cnc[nH]3)C(=O)N2)Cc2ccc(cc2)OCCCCCNC1=O. The van der Waals surface area contributed by atoms with Crippen molar-refractivity contribution in [2.75, 3.05) is 38.3 Å². The van der Waals surface area contributed by atoms with Gasteiger partial charge >= 0.3 is 0 Å². The van der Waals surface area contributed by atoms with Gasteiger partial charge in [0, 0.05) is 50.7 Å². The van der Waals surface area contributed by atoms with Gasteiger partial charge in [0.05, 0.1) is 24.5 Å². The van der Waals surface area contributed by atoms with E-state index in [0.717, 1.165) is 24.8 Å². The van der Waals surface area contributed by atoms with E-state index in [4.69, 9.17) is 21.7 Å². The lowest BCUT2D eigenvalue weighted by molar-refractivity contribution is -0.135. The van der Waals surface area contributed by atoms with E-state index in [1.54, 1.807) is 49.1 Å². The van der Waals surface area contributed by atoms with Crippen molar-refractivity contribution < 1.29 is 38.2 Å². The fourth-order valence-corrected chi connectivity index (χ4v) is 7.95. The molecule has 352 valence electrons. The number of thioether (sulfide) groups is 1. The largest absolute Gasteiger partial charge is 0.494 e. The molecule has 0 aliphatic carbocycles. The Balaban J connectivity index is 1.42. The summed E-state index contributed by atoms with van der Waals surface area (Å²) in [5.41, 5.74) is 2.04. The highest BCUT2D eigenvalue weighted by atomic mass is 32.2. The quantitative estimate of drug-likeness (QED) is 0.0862. The van der Waals surface area contributed by atoms with Gasteiger partial charge in [-0.3, -0.25) is 28.8 Å². The van der Waals surface area contributed by atoms with Gasteiger partial charge in [-0.2, -0.15) is 11.8 Å². The number of hydrogen-bond acceptors (Lipinski definition) is 11. The first kappa shape index (κ1) is 50.3. The number of ether oxygens (including phenoxy) is 2. The summed E-state index contributed by atoms with van der Waals surface area (Å²) in [4.78, 5) is 91.5. The van der Waals surface area contributed by atoms with Crippen LogP contribution >= 0.6 is 24.0 Å². The Kier molecular flexibility index (Phi) is 20.9. The normalized spacial score (nSPS) is 20.7. The van der Waals surface area contributed by atoms with Crippen molar-refractivity contribution in [2.24, 2.45) is 0 Å². The second kappa shape index (κ2) is 26.9. The molecular weight excluding hydrogens is 871 g/mol. The number of aromatic amines is 1. The van der Waals surface area contributed by atoms with E-state index >= 15 is 0 Å². The van der Waals surface area contributed by atoms with E-state index in [-0.39, 0.29) is 50.5 Å². The van der Waals surface area contributed by atoms with Crippen molar-refractivity contribution in [3.8, 4) is 11.5 Å². The molecule has 2 aromatic carbocycles. The molecule has 0 saturated carbocycles. The van der Waals surface area contributed by atoms with E-state index in [1.165, 1.54) is 6.33 Å². The molecule has 6 amide bonds. The second-order valence-corrected chi connectivity index (χ2v) is 17.9. The van der Waals surface area contributed by atoms with Crippen LogP contribution in [0, 0.1) is 0 Å². The lowest BCUT2D eigenvalue weighted by atomic mass is 10.0. The Hall–Kier alpha value is -5.69. The third kappa shape index (κ3) is 17.7. The van der Waals surface area contributed by atoms with Gasteiger partial charge in [-0.1, -0.05) is 36.5 Å². The van der Waals surface area contributed by atoms with E-state index in [1.807, 2.05) is 30.5 Å². The maximum Gasteiger partial charge on any atom is 0.243 e. The number of benzene rings is 2. The Morgan fingerprint density at radius 2 is 1.55 bits per heavy atom. The Bertz CT molecular complexity index is 2020. The third-order valence-electron chi connectivity index (χ3n) is 11.0. The second-order valence-electron chi connectivity index (χ2n) is 16.3. The maximum atomic E-state index is 14.6. The maximum absolute atomic E-state index is 14.6. The number of rotatable bonds is 14. The molecule has 4 aliphatic rings. The molecular formula is C46H63N9O8S2. The predicted molar refractivity (Wildman–Crippen MR) is 252 cm³/mol. The zero-order chi connectivity index (χ0) is 46.4. The molecule has 0 fully saturated rings. The number of carbonyl (C=O) groups is 6. The van der Waals surface area contributed by atoms with E-state index in [2.05, 4.69) is 47.2 Å². The number of imidazole rings is 1. The molecule has 0 radical (unpaired) electrons. The smallest absolute Gasteiger partial charge is 0.243 e. The minimum Gasteiger partial charge on any atom is -0.494 e. The number of aromatic nitrogens is 2. The van der Waals surface area contributed by atoms with Gasteiger partial charge in [-0.15, -0.1) is 0 Å². The molecule has 7 rings (SSSR count). The topological polar surface area (TPSA) is 234 Å². The zero-order valence-electron chi connectivity index (χ0n) is 37.2. The van der Waals surface area contributed by atoms with Crippen LogP contribution in [0.2, 0.25) is 0 Å². The van der Waals surface area contributed by atoms with Gasteiger partial charge in [0.25, 0.3) is 0 Å². The summed E-state index contributed by atoms with van der Waals surface area (Å²) in [7, 11) is 0. The summed E-state index contributed by atoms with van der Waals surface area (Å²) in [5, 5.41) is 20.5. The number of H-pyrrole nitrogens is 1. The average Bonchev–Trinajstić information content (AvgIpc) is 3.81. The molecule has 4 bridgehead atoms. The van der Waals surface area contributed by atoms with E-state index in [9.17, 15) is 28.8 Å². The summed E-state index contributed by atoms with van der Waals surface area (Å²) in [6, 6.07) is 9.05. The summed E-state index contributed by atoms with van der Waals surface area (Å²) < 4.78 is 11.8.